The average Bonchev–Trinajstić information content (AvgIpc) is 3.36. The van der Waals surface area contributed by atoms with Gasteiger partial charge in [0, 0.05) is 23.1 Å². The van der Waals surface area contributed by atoms with Gasteiger partial charge >= 0.3 is 0 Å². The van der Waals surface area contributed by atoms with Crippen molar-refractivity contribution >= 4 is 33.6 Å². The topological polar surface area (TPSA) is 63.9 Å². The molecule has 1 atom stereocenters. The number of tetrazole rings is 1. The molecule has 138 valence electrons. The van der Waals surface area contributed by atoms with E-state index in [9.17, 15) is 9.18 Å². The maximum atomic E-state index is 14.1. The molecule has 26 heavy (non-hydrogen) atoms. The van der Waals surface area contributed by atoms with Crippen LogP contribution >= 0.6 is 27.7 Å². The lowest BCUT2D eigenvalue weighted by Crippen LogP contribution is -2.36. The van der Waals surface area contributed by atoms with Crippen LogP contribution < -0.4 is 0 Å². The fourth-order valence-electron chi connectivity index (χ4n) is 2.54. The number of benzene rings is 1. The van der Waals surface area contributed by atoms with Gasteiger partial charge in [-0.15, -0.1) is 11.7 Å². The Kier molecular flexibility index (Phi) is 6.08. The first-order valence-corrected chi connectivity index (χ1v) is 9.95. The molecule has 1 aromatic heterocycles. The number of rotatable bonds is 8. The minimum absolute atomic E-state index is 0.111. The highest BCUT2D eigenvalue weighted by atomic mass is 79.9. The molecular formula is C17H19BrFN5OS. The van der Waals surface area contributed by atoms with Crippen LogP contribution in [0.25, 0.3) is 0 Å². The number of carbonyl (C=O) groups is 1. The van der Waals surface area contributed by atoms with E-state index in [0.717, 1.165) is 17.3 Å². The van der Waals surface area contributed by atoms with Gasteiger partial charge in [0.15, 0.2) is 0 Å². The highest BCUT2D eigenvalue weighted by Gasteiger charge is 2.30. The predicted octanol–water partition coefficient (Wildman–Crippen LogP) is 3.61. The van der Waals surface area contributed by atoms with E-state index in [0.29, 0.717) is 23.3 Å². The zero-order chi connectivity index (χ0) is 18.7. The van der Waals surface area contributed by atoms with E-state index in [4.69, 9.17) is 0 Å². The largest absolute Gasteiger partial charge is 0.334 e. The summed E-state index contributed by atoms with van der Waals surface area (Å²) in [5.74, 6) is -0.451. The second-order valence-electron chi connectivity index (χ2n) is 6.14. The first-order chi connectivity index (χ1) is 12.5. The van der Waals surface area contributed by atoms with Crippen LogP contribution in [0, 0.1) is 5.82 Å². The van der Waals surface area contributed by atoms with Gasteiger partial charge in [0.1, 0.15) is 5.82 Å². The average molecular weight is 440 g/mol. The minimum atomic E-state index is -0.395. The predicted molar refractivity (Wildman–Crippen MR) is 101 cm³/mol. The van der Waals surface area contributed by atoms with E-state index < -0.39 is 5.25 Å². The van der Waals surface area contributed by atoms with Crippen molar-refractivity contribution in [2.75, 3.05) is 6.54 Å². The van der Waals surface area contributed by atoms with Crippen LogP contribution in [-0.2, 0) is 11.3 Å². The summed E-state index contributed by atoms with van der Waals surface area (Å²) in [4.78, 5) is 14.5. The Morgan fingerprint density at radius 3 is 3.04 bits per heavy atom. The zero-order valence-corrected chi connectivity index (χ0v) is 16.7. The van der Waals surface area contributed by atoms with Crippen molar-refractivity contribution in [1.82, 2.24) is 25.1 Å². The molecule has 1 fully saturated rings. The zero-order valence-electron chi connectivity index (χ0n) is 14.3. The lowest BCUT2D eigenvalue weighted by molar-refractivity contribution is -0.130. The van der Waals surface area contributed by atoms with E-state index in [1.54, 1.807) is 27.8 Å². The van der Waals surface area contributed by atoms with Gasteiger partial charge in [-0.1, -0.05) is 33.8 Å². The van der Waals surface area contributed by atoms with Crippen LogP contribution in [0.2, 0.25) is 0 Å². The Hall–Kier alpha value is -1.74. The lowest BCUT2D eigenvalue weighted by Gasteiger charge is -2.24. The molecular weight excluding hydrogens is 421 g/mol. The van der Waals surface area contributed by atoms with Crippen LogP contribution in [-0.4, -0.2) is 42.8 Å². The molecule has 1 heterocycles. The maximum absolute atomic E-state index is 14.1. The molecule has 0 spiro atoms. The quantitative estimate of drug-likeness (QED) is 0.464. The van der Waals surface area contributed by atoms with Gasteiger partial charge in [0.2, 0.25) is 11.1 Å². The molecule has 1 amide bonds. The molecule has 0 radical (unpaired) electrons. The summed E-state index contributed by atoms with van der Waals surface area (Å²) in [5.41, 5.74) is 0.453. The van der Waals surface area contributed by atoms with E-state index >= 15 is 0 Å². The van der Waals surface area contributed by atoms with Gasteiger partial charge in [-0.2, -0.15) is 0 Å². The van der Waals surface area contributed by atoms with E-state index in [1.165, 1.54) is 17.8 Å². The molecule has 0 N–H and O–H groups in total. The van der Waals surface area contributed by atoms with Crippen molar-refractivity contribution in [2.45, 2.75) is 42.8 Å². The maximum Gasteiger partial charge on any atom is 0.236 e. The summed E-state index contributed by atoms with van der Waals surface area (Å²) < 4.78 is 16.6. The van der Waals surface area contributed by atoms with E-state index in [2.05, 4.69) is 38.0 Å². The molecule has 3 rings (SSSR count). The molecule has 0 aliphatic heterocycles. The van der Waals surface area contributed by atoms with Gasteiger partial charge in [-0.25, -0.2) is 9.07 Å². The number of amides is 1. The number of thioether (sulfide) groups is 1. The normalized spacial score (nSPS) is 14.9. The molecule has 6 nitrogen and oxygen atoms in total. The first kappa shape index (κ1) is 19.0. The van der Waals surface area contributed by atoms with Crippen LogP contribution in [0.5, 0.6) is 0 Å². The Balaban J connectivity index is 1.71. The Bertz CT molecular complexity index is 810. The third-order valence-electron chi connectivity index (χ3n) is 4.02. The second-order valence-corrected chi connectivity index (χ2v) is 8.36. The molecule has 1 saturated carbocycles. The molecule has 2 aromatic rings. The molecule has 1 aliphatic rings. The number of carbonyl (C=O) groups excluding carboxylic acids is 1. The van der Waals surface area contributed by atoms with Gasteiger partial charge in [-0.05, 0) is 48.4 Å². The third-order valence-corrected chi connectivity index (χ3v) is 5.54. The van der Waals surface area contributed by atoms with Crippen molar-refractivity contribution in [3.63, 3.8) is 0 Å². The van der Waals surface area contributed by atoms with Crippen molar-refractivity contribution in [1.29, 1.82) is 0 Å². The van der Waals surface area contributed by atoms with Crippen molar-refractivity contribution in [3.8, 4) is 0 Å². The summed E-state index contributed by atoms with van der Waals surface area (Å²) in [5, 5.41) is 12.0. The van der Waals surface area contributed by atoms with Crippen LogP contribution in [0.15, 0.2) is 40.5 Å². The molecule has 0 bridgehead atoms. The van der Waals surface area contributed by atoms with E-state index in [1.807, 2.05) is 6.92 Å². The molecule has 9 heteroatoms. The summed E-state index contributed by atoms with van der Waals surface area (Å²) >= 11 is 4.66. The summed E-state index contributed by atoms with van der Waals surface area (Å²) in [6.45, 7) is 6.03. The van der Waals surface area contributed by atoms with Crippen LogP contribution in [0.1, 0.15) is 31.4 Å². The highest BCUT2D eigenvalue weighted by molar-refractivity contribution is 9.10. The highest BCUT2D eigenvalue weighted by Crippen LogP contribution is 2.37. The number of halogens is 2. The number of hydrogen-bond acceptors (Lipinski definition) is 5. The summed E-state index contributed by atoms with van der Waals surface area (Å²) in [6.07, 6.45) is 3.76. The smallest absolute Gasteiger partial charge is 0.236 e. The van der Waals surface area contributed by atoms with Gasteiger partial charge in [0.05, 0.1) is 11.3 Å². The Labute approximate surface area is 164 Å². The number of hydrogen-bond donors (Lipinski definition) is 0. The van der Waals surface area contributed by atoms with Crippen LogP contribution in [0.3, 0.4) is 0 Å². The van der Waals surface area contributed by atoms with Crippen molar-refractivity contribution in [3.05, 3.63) is 46.7 Å². The van der Waals surface area contributed by atoms with Gasteiger partial charge in [-0.3, -0.25) is 4.79 Å². The Morgan fingerprint density at radius 2 is 2.35 bits per heavy atom. The molecule has 1 aliphatic carbocycles. The first-order valence-electron chi connectivity index (χ1n) is 8.27. The monoisotopic (exact) mass is 439 g/mol. The fourth-order valence-corrected chi connectivity index (χ4v) is 3.89. The number of nitrogens with zero attached hydrogens (tertiary/aromatic N) is 5. The summed E-state index contributed by atoms with van der Waals surface area (Å²) in [7, 11) is 0. The minimum Gasteiger partial charge on any atom is -0.334 e. The summed E-state index contributed by atoms with van der Waals surface area (Å²) in [6, 6.07) is 5.05. The van der Waals surface area contributed by atoms with Crippen LogP contribution in [0.4, 0.5) is 4.39 Å². The van der Waals surface area contributed by atoms with Gasteiger partial charge < -0.3 is 4.90 Å². The van der Waals surface area contributed by atoms with Crippen molar-refractivity contribution < 1.29 is 9.18 Å². The SMILES string of the molecule is C=CCN(Cc1cc(Br)ccc1F)C(=O)C(C)Sc1nnnn1C1CC1. The standard InChI is InChI=1S/C17H19BrFN5OS/c1-3-8-23(10-12-9-13(18)4-7-15(12)19)16(25)11(2)26-17-20-21-22-24(17)14-5-6-14/h3-4,7,9,11,14H,1,5-6,8,10H2,2H3. The van der Waals surface area contributed by atoms with Crippen molar-refractivity contribution in [2.24, 2.45) is 0 Å². The Morgan fingerprint density at radius 1 is 1.58 bits per heavy atom. The molecule has 1 unspecified atom stereocenters. The number of aromatic nitrogens is 4. The lowest BCUT2D eigenvalue weighted by atomic mass is 10.2. The molecule has 1 aromatic carbocycles. The third kappa shape index (κ3) is 4.50. The van der Waals surface area contributed by atoms with E-state index in [-0.39, 0.29) is 18.3 Å². The second kappa shape index (κ2) is 8.30. The van der Waals surface area contributed by atoms with Gasteiger partial charge in [0.25, 0.3) is 0 Å². The molecule has 0 saturated heterocycles. The fraction of sp³-hybridized carbons (Fsp3) is 0.412.